The number of nitrogens with one attached hydrogen (secondary N) is 1. The van der Waals surface area contributed by atoms with Crippen LogP contribution in [0.4, 0.5) is 0 Å². The third-order valence-electron chi connectivity index (χ3n) is 1.90. The minimum absolute atomic E-state index is 0.244. The average molecular weight is 211 g/mol. The first-order valence-corrected chi connectivity index (χ1v) is 4.57. The number of carbonyl (C=O) groups excluding carboxylic acids is 1. The number of aryl methyl sites for hydroxylation is 1. The van der Waals surface area contributed by atoms with Crippen molar-refractivity contribution in [2.75, 3.05) is 0 Å². The van der Waals surface area contributed by atoms with Crippen LogP contribution in [0.15, 0.2) is 18.7 Å². The second-order valence-corrected chi connectivity index (χ2v) is 3.18. The van der Waals surface area contributed by atoms with Gasteiger partial charge in [-0.2, -0.15) is 0 Å². The topological polar surface area (TPSA) is 84.2 Å². The Hall–Kier alpha value is -1.85. The molecule has 0 radical (unpaired) electrons. The van der Waals surface area contributed by atoms with E-state index in [2.05, 4.69) is 10.3 Å². The minimum Gasteiger partial charge on any atom is -0.480 e. The lowest BCUT2D eigenvalue weighted by atomic mass is 10.3. The first-order valence-electron chi connectivity index (χ1n) is 4.57. The standard InChI is InChI=1S/C9H13N3O3/c1-7(9(14)15)11-8(13)2-4-12-5-3-10-6-12/h3,5-7H,2,4H2,1H3,(H,11,13)(H,14,15)/t7-/m0/s1. The Balaban J connectivity index is 2.28. The number of aliphatic carboxylic acids is 1. The van der Waals surface area contributed by atoms with Crippen molar-refractivity contribution >= 4 is 11.9 Å². The van der Waals surface area contributed by atoms with Crippen molar-refractivity contribution in [1.29, 1.82) is 0 Å². The first-order chi connectivity index (χ1) is 7.09. The maximum Gasteiger partial charge on any atom is 0.325 e. The van der Waals surface area contributed by atoms with Gasteiger partial charge in [-0.15, -0.1) is 0 Å². The molecule has 0 aliphatic rings. The molecule has 0 aromatic carbocycles. The number of carboxylic acid groups (broad SMARTS) is 1. The number of hydrogen-bond donors (Lipinski definition) is 2. The summed E-state index contributed by atoms with van der Waals surface area (Å²) in [6.07, 6.45) is 5.22. The van der Waals surface area contributed by atoms with Gasteiger partial charge in [0.05, 0.1) is 6.33 Å². The van der Waals surface area contributed by atoms with Crippen molar-refractivity contribution in [2.24, 2.45) is 0 Å². The van der Waals surface area contributed by atoms with Gasteiger partial charge in [0, 0.05) is 25.4 Å². The molecule has 0 aliphatic heterocycles. The summed E-state index contributed by atoms with van der Waals surface area (Å²) in [6, 6.07) is -0.847. The van der Waals surface area contributed by atoms with Gasteiger partial charge in [0.1, 0.15) is 6.04 Å². The van der Waals surface area contributed by atoms with Crippen LogP contribution in [-0.2, 0) is 16.1 Å². The molecule has 1 rings (SSSR count). The summed E-state index contributed by atoms with van der Waals surface area (Å²) in [5.74, 6) is -1.32. The number of aromatic nitrogens is 2. The Bertz CT molecular complexity index is 334. The SMILES string of the molecule is C[C@H](NC(=O)CCn1ccnc1)C(=O)O. The van der Waals surface area contributed by atoms with Gasteiger partial charge in [0.25, 0.3) is 0 Å². The van der Waals surface area contributed by atoms with Gasteiger partial charge >= 0.3 is 5.97 Å². The summed E-state index contributed by atoms with van der Waals surface area (Å²) in [7, 11) is 0. The predicted molar refractivity (Wildman–Crippen MR) is 52.1 cm³/mol. The zero-order valence-corrected chi connectivity index (χ0v) is 8.38. The van der Waals surface area contributed by atoms with Gasteiger partial charge in [-0.1, -0.05) is 0 Å². The van der Waals surface area contributed by atoms with Crippen molar-refractivity contribution in [3.05, 3.63) is 18.7 Å². The Morgan fingerprint density at radius 1 is 1.60 bits per heavy atom. The lowest BCUT2D eigenvalue weighted by Gasteiger charge is -2.08. The minimum atomic E-state index is -1.04. The van der Waals surface area contributed by atoms with Gasteiger partial charge in [-0.25, -0.2) is 4.98 Å². The highest BCUT2D eigenvalue weighted by Crippen LogP contribution is 1.91. The fourth-order valence-corrected chi connectivity index (χ4v) is 1.03. The fourth-order valence-electron chi connectivity index (χ4n) is 1.03. The molecular formula is C9H13N3O3. The summed E-state index contributed by atoms with van der Waals surface area (Å²) in [4.78, 5) is 25.5. The average Bonchev–Trinajstić information content (AvgIpc) is 2.66. The molecule has 1 atom stereocenters. The monoisotopic (exact) mass is 211 g/mol. The smallest absolute Gasteiger partial charge is 0.325 e. The maximum atomic E-state index is 11.2. The second-order valence-electron chi connectivity index (χ2n) is 3.18. The number of imidazole rings is 1. The largest absolute Gasteiger partial charge is 0.480 e. The molecule has 82 valence electrons. The number of rotatable bonds is 5. The highest BCUT2D eigenvalue weighted by Gasteiger charge is 2.13. The third kappa shape index (κ3) is 3.80. The summed E-state index contributed by atoms with van der Waals surface area (Å²) in [5, 5.41) is 10.9. The molecule has 6 nitrogen and oxygen atoms in total. The maximum absolute atomic E-state index is 11.2. The van der Waals surface area contributed by atoms with E-state index in [0.29, 0.717) is 6.54 Å². The van der Waals surface area contributed by atoms with Crippen LogP contribution in [-0.4, -0.2) is 32.6 Å². The van der Waals surface area contributed by atoms with E-state index in [1.54, 1.807) is 23.3 Å². The molecule has 1 amide bonds. The summed E-state index contributed by atoms with van der Waals surface area (Å²) in [5.41, 5.74) is 0. The molecule has 2 N–H and O–H groups in total. The van der Waals surface area contributed by atoms with Gasteiger partial charge in [-0.05, 0) is 6.92 Å². The van der Waals surface area contributed by atoms with Crippen molar-refractivity contribution < 1.29 is 14.7 Å². The molecule has 0 unspecified atom stereocenters. The highest BCUT2D eigenvalue weighted by molar-refractivity contribution is 5.83. The van der Waals surface area contributed by atoms with Crippen LogP contribution >= 0.6 is 0 Å². The Morgan fingerprint density at radius 2 is 2.33 bits per heavy atom. The molecule has 1 aromatic rings. The Labute approximate surface area is 86.9 Å². The molecule has 0 saturated heterocycles. The summed E-state index contributed by atoms with van der Waals surface area (Å²) in [6.45, 7) is 1.93. The molecule has 0 spiro atoms. The number of carbonyl (C=O) groups is 2. The van der Waals surface area contributed by atoms with E-state index in [-0.39, 0.29) is 12.3 Å². The van der Waals surface area contributed by atoms with Crippen LogP contribution < -0.4 is 5.32 Å². The van der Waals surface area contributed by atoms with E-state index >= 15 is 0 Å². The summed E-state index contributed by atoms with van der Waals surface area (Å²) < 4.78 is 1.75. The number of hydrogen-bond acceptors (Lipinski definition) is 3. The van der Waals surface area contributed by atoms with Crippen LogP contribution in [0.2, 0.25) is 0 Å². The molecule has 0 aliphatic carbocycles. The molecule has 0 bridgehead atoms. The van der Waals surface area contributed by atoms with E-state index < -0.39 is 12.0 Å². The molecule has 6 heteroatoms. The van der Waals surface area contributed by atoms with Crippen molar-refractivity contribution in [2.45, 2.75) is 25.9 Å². The molecular weight excluding hydrogens is 198 g/mol. The Morgan fingerprint density at radius 3 is 2.87 bits per heavy atom. The fraction of sp³-hybridized carbons (Fsp3) is 0.444. The number of carboxylic acids is 1. The molecule has 0 fully saturated rings. The van der Waals surface area contributed by atoms with Crippen molar-refractivity contribution in [3.8, 4) is 0 Å². The van der Waals surface area contributed by atoms with Crippen LogP contribution in [0, 0.1) is 0 Å². The number of nitrogens with zero attached hydrogens (tertiary/aromatic N) is 2. The Kier molecular flexibility index (Phi) is 3.84. The van der Waals surface area contributed by atoms with E-state index in [0.717, 1.165) is 0 Å². The predicted octanol–water partition coefficient (Wildman–Crippen LogP) is -0.138. The van der Waals surface area contributed by atoms with Crippen LogP contribution in [0.25, 0.3) is 0 Å². The molecule has 1 heterocycles. The van der Waals surface area contributed by atoms with Gasteiger partial charge in [-0.3, -0.25) is 9.59 Å². The zero-order valence-electron chi connectivity index (χ0n) is 8.38. The van der Waals surface area contributed by atoms with Crippen molar-refractivity contribution in [3.63, 3.8) is 0 Å². The van der Waals surface area contributed by atoms with Crippen LogP contribution in [0.3, 0.4) is 0 Å². The summed E-state index contributed by atoms with van der Waals surface area (Å²) >= 11 is 0. The van der Waals surface area contributed by atoms with E-state index in [1.165, 1.54) is 6.92 Å². The first kappa shape index (κ1) is 11.2. The van der Waals surface area contributed by atoms with E-state index in [9.17, 15) is 9.59 Å². The molecule has 15 heavy (non-hydrogen) atoms. The lowest BCUT2D eigenvalue weighted by Crippen LogP contribution is -2.38. The van der Waals surface area contributed by atoms with E-state index in [4.69, 9.17) is 5.11 Å². The van der Waals surface area contributed by atoms with Gasteiger partial charge < -0.3 is 15.0 Å². The normalized spacial score (nSPS) is 12.1. The van der Waals surface area contributed by atoms with Crippen molar-refractivity contribution in [1.82, 2.24) is 14.9 Å². The van der Waals surface area contributed by atoms with Crippen LogP contribution in [0.5, 0.6) is 0 Å². The van der Waals surface area contributed by atoms with E-state index in [1.807, 2.05) is 0 Å². The quantitative estimate of drug-likeness (QED) is 0.710. The van der Waals surface area contributed by atoms with Crippen LogP contribution in [0.1, 0.15) is 13.3 Å². The second kappa shape index (κ2) is 5.14. The molecule has 1 aromatic heterocycles. The third-order valence-corrected chi connectivity index (χ3v) is 1.90. The molecule has 0 saturated carbocycles. The number of amides is 1. The van der Waals surface area contributed by atoms with Gasteiger partial charge in [0.2, 0.25) is 5.91 Å². The van der Waals surface area contributed by atoms with Gasteiger partial charge in [0.15, 0.2) is 0 Å². The lowest BCUT2D eigenvalue weighted by molar-refractivity contribution is -0.141. The zero-order chi connectivity index (χ0) is 11.3. The highest BCUT2D eigenvalue weighted by atomic mass is 16.4.